The average molecular weight is 382 g/mol. The van der Waals surface area contributed by atoms with E-state index in [2.05, 4.69) is 10.2 Å². The fourth-order valence-corrected chi connectivity index (χ4v) is 5.42. The number of rotatable bonds is 3. The van der Waals surface area contributed by atoms with Gasteiger partial charge in [-0.1, -0.05) is 0 Å². The van der Waals surface area contributed by atoms with E-state index in [-0.39, 0.29) is 24.3 Å². The van der Waals surface area contributed by atoms with E-state index in [0.717, 1.165) is 36.3 Å². The summed E-state index contributed by atoms with van der Waals surface area (Å²) < 4.78 is 0. The number of fused-ring (bicyclic) bond motifs is 3. The number of imide groups is 2. The molecule has 0 saturated carbocycles. The Balaban J connectivity index is 1.49. The molecule has 1 unspecified atom stereocenters. The van der Waals surface area contributed by atoms with Crippen LogP contribution in [-0.4, -0.2) is 52.7 Å². The van der Waals surface area contributed by atoms with Gasteiger partial charge in [-0.3, -0.25) is 29.4 Å². The minimum absolute atomic E-state index is 0.0616. The number of anilines is 1. The van der Waals surface area contributed by atoms with Gasteiger partial charge in [0.2, 0.25) is 11.8 Å². The summed E-state index contributed by atoms with van der Waals surface area (Å²) in [6.45, 7) is 0.565. The highest BCUT2D eigenvalue weighted by atomic mass is 16.2. The first kappa shape index (κ1) is 17.4. The smallest absolute Gasteiger partial charge is 0.262 e. The first-order valence-electron chi connectivity index (χ1n) is 9.80. The summed E-state index contributed by atoms with van der Waals surface area (Å²) in [5.74, 6) is -1.91. The molecule has 5 rings (SSSR count). The van der Waals surface area contributed by atoms with Gasteiger partial charge < -0.3 is 10.6 Å². The fraction of sp³-hybridized carbons (Fsp3) is 0.500. The lowest BCUT2D eigenvalue weighted by atomic mass is 9.88. The molecule has 0 radical (unpaired) electrons. The zero-order chi connectivity index (χ0) is 19.6. The van der Waals surface area contributed by atoms with Crippen molar-refractivity contribution >= 4 is 29.3 Å². The lowest BCUT2D eigenvalue weighted by Gasteiger charge is -2.36. The molecule has 0 spiro atoms. The normalized spacial score (nSPS) is 31.6. The molecule has 8 heteroatoms. The van der Waals surface area contributed by atoms with Crippen molar-refractivity contribution in [2.24, 2.45) is 5.73 Å². The third-order valence-corrected chi connectivity index (χ3v) is 6.84. The van der Waals surface area contributed by atoms with Crippen LogP contribution in [0.3, 0.4) is 0 Å². The summed E-state index contributed by atoms with van der Waals surface area (Å²) in [6, 6.07) is 4.81. The molecule has 4 aliphatic heterocycles. The number of hydrogen-bond donors (Lipinski definition) is 2. The third-order valence-electron chi connectivity index (χ3n) is 6.84. The van der Waals surface area contributed by atoms with Gasteiger partial charge in [-0.25, -0.2) is 0 Å². The molecule has 3 saturated heterocycles. The van der Waals surface area contributed by atoms with Crippen LogP contribution in [0.15, 0.2) is 18.2 Å². The van der Waals surface area contributed by atoms with Crippen molar-refractivity contribution in [3.63, 3.8) is 0 Å². The molecule has 2 bridgehead atoms. The van der Waals surface area contributed by atoms with Gasteiger partial charge in [0.15, 0.2) is 0 Å². The van der Waals surface area contributed by atoms with E-state index < -0.39 is 23.8 Å². The second-order valence-corrected chi connectivity index (χ2v) is 8.21. The fourth-order valence-electron chi connectivity index (χ4n) is 5.42. The number of nitrogens with zero attached hydrogens (tertiary/aromatic N) is 2. The number of carbonyl (C=O) groups is 4. The van der Waals surface area contributed by atoms with Gasteiger partial charge in [-0.15, -0.1) is 0 Å². The molecule has 0 aromatic heterocycles. The molecule has 4 aliphatic rings. The van der Waals surface area contributed by atoms with Crippen molar-refractivity contribution in [3.8, 4) is 0 Å². The van der Waals surface area contributed by atoms with Gasteiger partial charge in [-0.2, -0.15) is 0 Å². The Bertz CT molecular complexity index is 919. The predicted molar refractivity (Wildman–Crippen MR) is 99.6 cm³/mol. The molecule has 28 heavy (non-hydrogen) atoms. The standard InChI is InChI=1S/C20H22N4O4/c21-10-20-7-5-11(6-8-20)24(20)12-1-2-13-14(9-12)19(28)23(18(13)27)15-3-4-16(25)22-17(15)26/h1-2,9,11,15H,3-8,10,21H2,(H,22,25,26). The number of benzene rings is 1. The molecule has 3 fully saturated rings. The van der Waals surface area contributed by atoms with Crippen LogP contribution in [0, 0.1) is 0 Å². The lowest BCUT2D eigenvalue weighted by molar-refractivity contribution is -0.136. The molecule has 4 amide bonds. The quantitative estimate of drug-likeness (QED) is 0.738. The number of piperidine rings is 1. The van der Waals surface area contributed by atoms with Crippen LogP contribution in [0.4, 0.5) is 5.69 Å². The number of hydrogen-bond acceptors (Lipinski definition) is 6. The van der Waals surface area contributed by atoms with E-state index in [1.54, 1.807) is 12.1 Å². The molecule has 3 N–H and O–H groups in total. The minimum Gasteiger partial charge on any atom is -0.362 e. The van der Waals surface area contributed by atoms with Crippen molar-refractivity contribution in [2.75, 3.05) is 11.4 Å². The molecule has 1 aromatic carbocycles. The van der Waals surface area contributed by atoms with Crippen LogP contribution >= 0.6 is 0 Å². The first-order chi connectivity index (χ1) is 13.4. The van der Waals surface area contributed by atoms with Crippen LogP contribution in [-0.2, 0) is 9.59 Å². The maximum absolute atomic E-state index is 13.0. The maximum atomic E-state index is 13.0. The Morgan fingerprint density at radius 3 is 2.43 bits per heavy atom. The summed E-state index contributed by atoms with van der Waals surface area (Å²) in [7, 11) is 0. The largest absolute Gasteiger partial charge is 0.362 e. The number of nitrogens with two attached hydrogens (primary N) is 1. The third kappa shape index (κ3) is 2.21. The Morgan fingerprint density at radius 2 is 1.75 bits per heavy atom. The van der Waals surface area contributed by atoms with Crippen molar-refractivity contribution in [1.29, 1.82) is 0 Å². The molecule has 1 aromatic rings. The van der Waals surface area contributed by atoms with Crippen molar-refractivity contribution in [1.82, 2.24) is 10.2 Å². The molecule has 8 nitrogen and oxygen atoms in total. The molecule has 1 atom stereocenters. The zero-order valence-corrected chi connectivity index (χ0v) is 15.4. The molecule has 4 heterocycles. The topological polar surface area (TPSA) is 113 Å². The Labute approximate surface area is 162 Å². The summed E-state index contributed by atoms with van der Waals surface area (Å²) in [5, 5.41) is 2.22. The summed E-state index contributed by atoms with van der Waals surface area (Å²) in [6.07, 6.45) is 4.53. The zero-order valence-electron chi connectivity index (χ0n) is 15.4. The molecule has 146 valence electrons. The summed E-state index contributed by atoms with van der Waals surface area (Å²) in [4.78, 5) is 52.8. The number of amides is 4. The second kappa shape index (κ2) is 5.88. The summed E-state index contributed by atoms with van der Waals surface area (Å²) >= 11 is 0. The van der Waals surface area contributed by atoms with Gasteiger partial charge >= 0.3 is 0 Å². The van der Waals surface area contributed by atoms with Crippen LogP contribution < -0.4 is 16.0 Å². The second-order valence-electron chi connectivity index (χ2n) is 8.21. The van der Waals surface area contributed by atoms with Gasteiger partial charge in [0.05, 0.1) is 16.7 Å². The Hall–Kier alpha value is -2.74. The van der Waals surface area contributed by atoms with E-state index in [0.29, 0.717) is 23.7 Å². The SMILES string of the molecule is NCC12CCC(CC1)N2c1ccc2c(c1)C(=O)N(C1CCC(=O)NC1=O)C2=O. The highest BCUT2D eigenvalue weighted by Gasteiger charge is 2.51. The molecule has 0 aliphatic carbocycles. The van der Waals surface area contributed by atoms with Gasteiger partial charge in [0.25, 0.3) is 11.8 Å². The lowest BCUT2D eigenvalue weighted by Crippen LogP contribution is -2.54. The van der Waals surface area contributed by atoms with Crippen molar-refractivity contribution < 1.29 is 19.2 Å². The highest BCUT2D eigenvalue weighted by molar-refractivity contribution is 6.23. The minimum atomic E-state index is -0.938. The maximum Gasteiger partial charge on any atom is 0.262 e. The molecular formula is C20H22N4O4. The molecular weight excluding hydrogens is 360 g/mol. The van der Waals surface area contributed by atoms with Crippen molar-refractivity contribution in [2.45, 2.75) is 56.1 Å². The van der Waals surface area contributed by atoms with Gasteiger partial charge in [-0.05, 0) is 50.3 Å². The summed E-state index contributed by atoms with van der Waals surface area (Å²) in [5.41, 5.74) is 7.59. The van der Waals surface area contributed by atoms with E-state index in [4.69, 9.17) is 5.73 Å². The van der Waals surface area contributed by atoms with E-state index in [9.17, 15) is 19.2 Å². The van der Waals surface area contributed by atoms with Gasteiger partial charge in [0.1, 0.15) is 6.04 Å². The van der Waals surface area contributed by atoms with Gasteiger partial charge in [0, 0.05) is 24.7 Å². The Kier molecular flexibility index (Phi) is 3.64. The van der Waals surface area contributed by atoms with Crippen LogP contribution in [0.5, 0.6) is 0 Å². The van der Waals surface area contributed by atoms with E-state index >= 15 is 0 Å². The van der Waals surface area contributed by atoms with E-state index in [1.165, 1.54) is 0 Å². The van der Waals surface area contributed by atoms with Crippen LogP contribution in [0.2, 0.25) is 0 Å². The predicted octanol–water partition coefficient (Wildman–Crippen LogP) is 0.548. The monoisotopic (exact) mass is 382 g/mol. The van der Waals surface area contributed by atoms with Crippen molar-refractivity contribution in [3.05, 3.63) is 29.3 Å². The van der Waals surface area contributed by atoms with Crippen LogP contribution in [0.25, 0.3) is 0 Å². The number of carbonyl (C=O) groups excluding carboxylic acids is 4. The first-order valence-corrected chi connectivity index (χ1v) is 9.80. The Morgan fingerprint density at radius 1 is 1.04 bits per heavy atom. The highest BCUT2D eigenvalue weighted by Crippen LogP contribution is 2.48. The van der Waals surface area contributed by atoms with Crippen LogP contribution in [0.1, 0.15) is 59.2 Å². The van der Waals surface area contributed by atoms with E-state index in [1.807, 2.05) is 6.07 Å². The number of nitrogens with one attached hydrogen (secondary N) is 1. The average Bonchev–Trinajstić information content (AvgIpc) is 3.32.